The van der Waals surface area contributed by atoms with E-state index < -0.39 is 0 Å². The highest BCUT2D eigenvalue weighted by Gasteiger charge is 2.46. The Labute approximate surface area is 120 Å². The maximum Gasteiger partial charge on any atom is 0.0551 e. The first-order valence-corrected chi connectivity index (χ1v) is 7.77. The first-order chi connectivity index (χ1) is 9.57. The second-order valence-corrected chi connectivity index (χ2v) is 7.16. The van der Waals surface area contributed by atoms with Crippen LogP contribution < -0.4 is 0 Å². The summed E-state index contributed by atoms with van der Waals surface area (Å²) in [6.45, 7) is 4.54. The molecule has 0 bridgehead atoms. The molecule has 1 N–H and O–H groups in total. The van der Waals surface area contributed by atoms with Crippen LogP contribution in [0.5, 0.6) is 0 Å². The van der Waals surface area contributed by atoms with E-state index >= 15 is 0 Å². The molecular weight excluding hydrogens is 244 g/mol. The van der Waals surface area contributed by atoms with Crippen LogP contribution in [0.1, 0.15) is 48.8 Å². The van der Waals surface area contributed by atoms with Crippen molar-refractivity contribution in [3.8, 4) is 0 Å². The molecule has 1 saturated carbocycles. The molecule has 2 aromatic rings. The lowest BCUT2D eigenvalue weighted by atomic mass is 9.66. The molecule has 1 nitrogen and oxygen atoms in total. The Morgan fingerprint density at radius 1 is 1.20 bits per heavy atom. The number of aliphatic hydroxyl groups is 1. The monoisotopic (exact) mass is 266 g/mol. The molecule has 104 valence electrons. The second kappa shape index (κ2) is 4.08. The molecule has 0 aromatic heterocycles. The number of fused-ring (bicyclic) bond motifs is 5. The Hall–Kier alpha value is -1.34. The van der Waals surface area contributed by atoms with Gasteiger partial charge in [-0.25, -0.2) is 0 Å². The molecule has 4 rings (SSSR count). The molecule has 2 aliphatic carbocycles. The number of hydrogen-bond acceptors (Lipinski definition) is 1. The molecule has 0 amide bonds. The van der Waals surface area contributed by atoms with Crippen molar-refractivity contribution in [2.24, 2.45) is 5.41 Å². The van der Waals surface area contributed by atoms with Crippen LogP contribution in [0.25, 0.3) is 10.8 Å². The van der Waals surface area contributed by atoms with Gasteiger partial charge in [-0.05, 0) is 65.8 Å². The lowest BCUT2D eigenvalue weighted by molar-refractivity contribution is 0.159. The maximum absolute atomic E-state index is 10.1. The number of hydrogen-bond donors (Lipinski definition) is 1. The quantitative estimate of drug-likeness (QED) is 0.752. The van der Waals surface area contributed by atoms with Gasteiger partial charge in [0, 0.05) is 0 Å². The first kappa shape index (κ1) is 12.4. The zero-order valence-corrected chi connectivity index (χ0v) is 12.3. The summed E-state index contributed by atoms with van der Waals surface area (Å²) >= 11 is 0. The van der Waals surface area contributed by atoms with Crippen LogP contribution >= 0.6 is 0 Å². The molecule has 0 unspecified atom stereocenters. The van der Waals surface area contributed by atoms with Crippen molar-refractivity contribution >= 4 is 10.8 Å². The van der Waals surface area contributed by atoms with Gasteiger partial charge in [0.05, 0.1) is 6.10 Å². The fourth-order valence-electron chi connectivity index (χ4n) is 4.63. The van der Waals surface area contributed by atoms with E-state index in [1.165, 1.54) is 28.3 Å². The summed E-state index contributed by atoms with van der Waals surface area (Å²) in [6.07, 6.45) is 4.19. The Morgan fingerprint density at radius 2 is 2.00 bits per heavy atom. The highest BCUT2D eigenvalue weighted by atomic mass is 16.3. The van der Waals surface area contributed by atoms with Gasteiger partial charge in [0.1, 0.15) is 0 Å². The van der Waals surface area contributed by atoms with Gasteiger partial charge in [-0.1, -0.05) is 42.8 Å². The van der Waals surface area contributed by atoms with E-state index in [9.17, 15) is 5.11 Å². The molecule has 0 radical (unpaired) electrons. The van der Waals surface area contributed by atoms with Crippen molar-refractivity contribution in [2.75, 3.05) is 0 Å². The summed E-state index contributed by atoms with van der Waals surface area (Å²) in [7, 11) is 0. The smallest absolute Gasteiger partial charge is 0.0551 e. The fourth-order valence-corrected chi connectivity index (χ4v) is 4.63. The van der Waals surface area contributed by atoms with Gasteiger partial charge in [0.2, 0.25) is 0 Å². The van der Waals surface area contributed by atoms with E-state index in [1.807, 2.05) is 0 Å². The molecule has 1 heteroatoms. The van der Waals surface area contributed by atoms with Crippen molar-refractivity contribution < 1.29 is 5.11 Å². The SMILES string of the molecule is Cc1ccc2ccc3c(c2c1)CC[C@]1(C)C[C@H](O)C[C@@H]31. The largest absolute Gasteiger partial charge is 0.393 e. The highest BCUT2D eigenvalue weighted by Crippen LogP contribution is 2.56. The second-order valence-electron chi connectivity index (χ2n) is 7.16. The summed E-state index contributed by atoms with van der Waals surface area (Å²) in [5.41, 5.74) is 4.70. The molecule has 0 saturated heterocycles. The zero-order valence-electron chi connectivity index (χ0n) is 12.3. The van der Waals surface area contributed by atoms with Gasteiger partial charge in [-0.3, -0.25) is 0 Å². The highest BCUT2D eigenvalue weighted by molar-refractivity contribution is 5.88. The Balaban J connectivity index is 1.94. The molecule has 3 atom stereocenters. The predicted octanol–water partition coefficient (Wildman–Crippen LogP) is 4.34. The average molecular weight is 266 g/mol. The normalized spacial score (nSPS) is 32.1. The van der Waals surface area contributed by atoms with Crippen LogP contribution in [0.15, 0.2) is 30.3 Å². The summed E-state index contributed by atoms with van der Waals surface area (Å²) in [4.78, 5) is 0. The van der Waals surface area contributed by atoms with Gasteiger partial charge in [-0.15, -0.1) is 0 Å². The summed E-state index contributed by atoms with van der Waals surface area (Å²) in [5.74, 6) is 0.547. The summed E-state index contributed by atoms with van der Waals surface area (Å²) in [5, 5.41) is 12.9. The van der Waals surface area contributed by atoms with Gasteiger partial charge in [0.25, 0.3) is 0 Å². The molecule has 2 aliphatic rings. The van der Waals surface area contributed by atoms with Crippen LogP contribution in [0.4, 0.5) is 0 Å². The molecule has 2 aromatic carbocycles. The molecular formula is C19H22O. The van der Waals surface area contributed by atoms with Crippen molar-refractivity contribution in [1.82, 2.24) is 0 Å². The minimum atomic E-state index is -0.107. The van der Waals surface area contributed by atoms with Gasteiger partial charge in [0.15, 0.2) is 0 Å². The first-order valence-electron chi connectivity index (χ1n) is 7.77. The van der Waals surface area contributed by atoms with Gasteiger partial charge in [-0.2, -0.15) is 0 Å². The molecule has 1 fully saturated rings. The van der Waals surface area contributed by atoms with Crippen LogP contribution in [-0.2, 0) is 6.42 Å². The number of rotatable bonds is 0. The predicted molar refractivity (Wildman–Crippen MR) is 83.1 cm³/mol. The lowest BCUT2D eigenvalue weighted by Crippen LogP contribution is -2.26. The maximum atomic E-state index is 10.1. The van der Waals surface area contributed by atoms with Crippen LogP contribution in [0.2, 0.25) is 0 Å². The third-order valence-electron chi connectivity index (χ3n) is 5.70. The zero-order chi connectivity index (χ0) is 13.9. The van der Waals surface area contributed by atoms with Crippen molar-refractivity contribution in [1.29, 1.82) is 0 Å². The van der Waals surface area contributed by atoms with Crippen molar-refractivity contribution in [2.45, 2.75) is 51.6 Å². The van der Waals surface area contributed by atoms with E-state index in [1.54, 1.807) is 5.56 Å². The van der Waals surface area contributed by atoms with E-state index in [-0.39, 0.29) is 6.10 Å². The van der Waals surface area contributed by atoms with Gasteiger partial charge >= 0.3 is 0 Å². The van der Waals surface area contributed by atoms with Crippen LogP contribution in [-0.4, -0.2) is 11.2 Å². The van der Waals surface area contributed by atoms with Crippen molar-refractivity contribution in [3.63, 3.8) is 0 Å². The minimum Gasteiger partial charge on any atom is -0.393 e. The minimum absolute atomic E-state index is 0.107. The van der Waals surface area contributed by atoms with E-state index in [2.05, 4.69) is 44.2 Å². The topological polar surface area (TPSA) is 20.2 Å². The van der Waals surface area contributed by atoms with E-state index in [4.69, 9.17) is 0 Å². The summed E-state index contributed by atoms with van der Waals surface area (Å²) in [6, 6.07) is 11.4. The molecule has 20 heavy (non-hydrogen) atoms. The molecule has 0 spiro atoms. The fraction of sp³-hybridized carbons (Fsp3) is 0.474. The van der Waals surface area contributed by atoms with Crippen molar-refractivity contribution in [3.05, 3.63) is 47.0 Å². The number of aryl methyl sites for hydroxylation is 2. The van der Waals surface area contributed by atoms with Crippen LogP contribution in [0.3, 0.4) is 0 Å². The van der Waals surface area contributed by atoms with Gasteiger partial charge < -0.3 is 5.11 Å². The van der Waals surface area contributed by atoms with E-state index in [0.29, 0.717) is 11.3 Å². The third kappa shape index (κ3) is 1.66. The Kier molecular flexibility index (Phi) is 2.53. The molecule has 0 heterocycles. The van der Waals surface area contributed by atoms with Crippen LogP contribution in [0, 0.1) is 12.3 Å². The Morgan fingerprint density at radius 3 is 2.85 bits per heavy atom. The standard InChI is InChI=1S/C19H22O/c1-12-3-4-13-5-6-16-15(17(13)9-12)7-8-19(2)11-14(20)10-18(16)19/h3-6,9,14,18,20H,7-8,10-11H2,1-2H3/t14-,18+,19-/m1/s1. The number of aliphatic hydroxyl groups excluding tert-OH is 1. The number of benzene rings is 2. The average Bonchev–Trinajstić information content (AvgIpc) is 2.72. The Bertz CT molecular complexity index is 687. The summed E-state index contributed by atoms with van der Waals surface area (Å²) < 4.78 is 0. The molecule has 0 aliphatic heterocycles. The third-order valence-corrected chi connectivity index (χ3v) is 5.70. The van der Waals surface area contributed by atoms with E-state index in [0.717, 1.165) is 19.3 Å². The lowest BCUT2D eigenvalue weighted by Gasteiger charge is -2.38.